The number of hydrogen-bond donors (Lipinski definition) is 0. The lowest BCUT2D eigenvalue weighted by Crippen LogP contribution is -2.39. The van der Waals surface area contributed by atoms with Crippen LogP contribution in [-0.4, -0.2) is 18.9 Å². The van der Waals surface area contributed by atoms with E-state index in [0.29, 0.717) is 23.5 Å². The zero-order valence-corrected chi connectivity index (χ0v) is 16.5. The van der Waals surface area contributed by atoms with Crippen LogP contribution in [-0.2, 0) is 26.6 Å². The Balaban J connectivity index is 1.34. The Hall–Kier alpha value is -3.09. The van der Waals surface area contributed by atoms with Crippen LogP contribution in [0.5, 0.6) is 0 Å². The van der Waals surface area contributed by atoms with Gasteiger partial charge in [-0.15, -0.1) is 0 Å². The average Bonchev–Trinajstić information content (AvgIpc) is 3.28. The van der Waals surface area contributed by atoms with Crippen molar-refractivity contribution in [2.24, 2.45) is 13.0 Å². The molecule has 0 amide bonds. The van der Waals surface area contributed by atoms with Crippen LogP contribution in [0.2, 0.25) is 0 Å². The van der Waals surface area contributed by atoms with E-state index < -0.39 is 0 Å². The first-order valence-electron chi connectivity index (χ1n) is 10.2. The molecule has 0 saturated heterocycles. The predicted octanol–water partition coefficient (Wildman–Crippen LogP) is 3.08. The molecule has 0 unspecified atom stereocenters. The summed E-state index contributed by atoms with van der Waals surface area (Å²) in [6.07, 6.45) is 6.35. The van der Waals surface area contributed by atoms with Gasteiger partial charge in [0.25, 0.3) is 5.56 Å². The number of aromatic nitrogens is 4. The molecule has 150 valence electrons. The molecule has 3 aromatic heterocycles. The summed E-state index contributed by atoms with van der Waals surface area (Å²) < 4.78 is 10.5. The molecule has 1 aliphatic rings. The maximum Gasteiger partial charge on any atom is 0.331 e. The van der Waals surface area contributed by atoms with Crippen molar-refractivity contribution in [1.82, 2.24) is 18.9 Å². The van der Waals surface area contributed by atoms with Gasteiger partial charge in [-0.1, -0.05) is 18.2 Å². The number of hydrogen-bond acceptors (Lipinski definition) is 4. The van der Waals surface area contributed by atoms with Crippen molar-refractivity contribution in [2.45, 2.75) is 45.2 Å². The molecule has 7 nitrogen and oxygen atoms in total. The Kier molecular flexibility index (Phi) is 4.38. The number of aryl methyl sites for hydroxylation is 2. The Morgan fingerprint density at radius 2 is 2.00 bits per heavy atom. The molecular weight excluding hydrogens is 368 g/mol. The Morgan fingerprint density at radius 3 is 2.79 bits per heavy atom. The van der Waals surface area contributed by atoms with Gasteiger partial charge >= 0.3 is 5.69 Å². The summed E-state index contributed by atoms with van der Waals surface area (Å²) in [7, 11) is 1.71. The monoisotopic (exact) mass is 392 g/mol. The third-order valence-electron chi connectivity index (χ3n) is 5.81. The second-order valence-corrected chi connectivity index (χ2v) is 8.01. The number of furan rings is 1. The lowest BCUT2D eigenvalue weighted by molar-refractivity contribution is 0.505. The number of fused-ring (bicyclic) bond motifs is 2. The number of rotatable bonds is 7. The third-order valence-corrected chi connectivity index (χ3v) is 5.81. The topological polar surface area (TPSA) is 75.0 Å². The van der Waals surface area contributed by atoms with Crippen LogP contribution in [0.1, 0.15) is 31.4 Å². The molecule has 1 aliphatic carbocycles. The molecule has 1 aromatic carbocycles. The summed E-state index contributed by atoms with van der Waals surface area (Å²) in [5.41, 5.74) is 1.53. The van der Waals surface area contributed by atoms with E-state index in [0.717, 1.165) is 42.5 Å². The standard InChI is InChI=1S/C22H24N4O3/c1-24-18-13-23-26(14-15-9-10-15)20(18)21(27)25(22(24)28)11-5-4-7-17-12-16-6-2-3-8-19(16)29-17/h2-3,6,8,12-13,15H,4-5,7,9-11,14H2,1H3. The molecule has 0 N–H and O–H groups in total. The normalized spacial score (nSPS) is 14.2. The fourth-order valence-electron chi connectivity index (χ4n) is 3.95. The van der Waals surface area contributed by atoms with E-state index in [1.54, 1.807) is 17.9 Å². The van der Waals surface area contributed by atoms with Gasteiger partial charge in [-0.05, 0) is 43.7 Å². The zero-order chi connectivity index (χ0) is 20.0. The van der Waals surface area contributed by atoms with Crippen molar-refractivity contribution < 1.29 is 4.42 Å². The molecule has 0 radical (unpaired) electrons. The minimum atomic E-state index is -0.280. The number of benzene rings is 1. The predicted molar refractivity (Wildman–Crippen MR) is 111 cm³/mol. The highest BCUT2D eigenvalue weighted by atomic mass is 16.3. The summed E-state index contributed by atoms with van der Waals surface area (Å²) in [6.45, 7) is 1.15. The van der Waals surface area contributed by atoms with Gasteiger partial charge in [-0.25, -0.2) is 4.79 Å². The van der Waals surface area contributed by atoms with Gasteiger partial charge in [0.2, 0.25) is 0 Å². The largest absolute Gasteiger partial charge is 0.461 e. The molecule has 29 heavy (non-hydrogen) atoms. The van der Waals surface area contributed by atoms with E-state index in [1.165, 1.54) is 22.0 Å². The summed E-state index contributed by atoms with van der Waals surface area (Å²) in [4.78, 5) is 25.7. The molecule has 1 saturated carbocycles. The SMILES string of the molecule is Cn1c(=O)n(CCCCc2cc3ccccc3o2)c(=O)c2c1cnn2CC1CC1. The lowest BCUT2D eigenvalue weighted by Gasteiger charge is -2.09. The zero-order valence-electron chi connectivity index (χ0n) is 16.5. The summed E-state index contributed by atoms with van der Waals surface area (Å²) in [6, 6.07) is 10.0. The van der Waals surface area contributed by atoms with Crippen LogP contribution in [0.3, 0.4) is 0 Å². The first kappa shape index (κ1) is 18.0. The van der Waals surface area contributed by atoms with Gasteiger partial charge in [0.05, 0.1) is 11.7 Å². The van der Waals surface area contributed by atoms with Crippen LogP contribution < -0.4 is 11.2 Å². The van der Waals surface area contributed by atoms with Crippen molar-refractivity contribution in [1.29, 1.82) is 0 Å². The van der Waals surface area contributed by atoms with Crippen LogP contribution in [0.4, 0.5) is 0 Å². The number of nitrogens with zero attached hydrogens (tertiary/aromatic N) is 4. The van der Waals surface area contributed by atoms with E-state index >= 15 is 0 Å². The third kappa shape index (κ3) is 3.30. The van der Waals surface area contributed by atoms with Gasteiger partial charge in [0, 0.05) is 31.9 Å². The van der Waals surface area contributed by atoms with Gasteiger partial charge in [0.15, 0.2) is 5.52 Å². The van der Waals surface area contributed by atoms with Crippen LogP contribution in [0.15, 0.2) is 50.5 Å². The van der Waals surface area contributed by atoms with Crippen molar-refractivity contribution in [3.63, 3.8) is 0 Å². The quantitative estimate of drug-likeness (QED) is 0.453. The van der Waals surface area contributed by atoms with Gasteiger partial charge in [0.1, 0.15) is 11.3 Å². The lowest BCUT2D eigenvalue weighted by atomic mass is 10.2. The molecule has 0 aliphatic heterocycles. The minimum Gasteiger partial charge on any atom is -0.461 e. The van der Waals surface area contributed by atoms with Gasteiger partial charge < -0.3 is 4.42 Å². The molecule has 0 atom stereocenters. The van der Waals surface area contributed by atoms with Crippen LogP contribution >= 0.6 is 0 Å². The number of para-hydroxylation sites is 1. The molecule has 5 rings (SSSR count). The second kappa shape index (κ2) is 7.06. The number of unbranched alkanes of at least 4 members (excludes halogenated alkanes) is 1. The van der Waals surface area contributed by atoms with Crippen molar-refractivity contribution in [2.75, 3.05) is 0 Å². The molecule has 0 bridgehead atoms. The molecule has 1 fully saturated rings. The Bertz CT molecular complexity index is 1270. The van der Waals surface area contributed by atoms with Crippen molar-refractivity contribution >= 4 is 22.0 Å². The van der Waals surface area contributed by atoms with Crippen LogP contribution in [0.25, 0.3) is 22.0 Å². The van der Waals surface area contributed by atoms with E-state index in [1.807, 2.05) is 24.3 Å². The first-order valence-corrected chi connectivity index (χ1v) is 10.2. The summed E-state index contributed by atoms with van der Waals surface area (Å²) in [5.74, 6) is 1.54. The van der Waals surface area contributed by atoms with Gasteiger partial charge in [-0.3, -0.25) is 18.6 Å². The Morgan fingerprint density at radius 1 is 1.17 bits per heavy atom. The summed E-state index contributed by atoms with van der Waals surface area (Å²) in [5, 5.41) is 5.47. The van der Waals surface area contributed by atoms with E-state index in [9.17, 15) is 9.59 Å². The molecular formula is C22H24N4O3. The molecule has 7 heteroatoms. The van der Waals surface area contributed by atoms with Gasteiger partial charge in [-0.2, -0.15) is 5.10 Å². The maximum atomic E-state index is 13.0. The van der Waals surface area contributed by atoms with E-state index in [2.05, 4.69) is 11.2 Å². The van der Waals surface area contributed by atoms with Crippen molar-refractivity contribution in [3.8, 4) is 0 Å². The highest BCUT2D eigenvalue weighted by Gasteiger charge is 2.24. The Labute approximate surface area is 167 Å². The highest BCUT2D eigenvalue weighted by Crippen LogP contribution is 2.31. The second-order valence-electron chi connectivity index (χ2n) is 8.01. The first-order chi connectivity index (χ1) is 14.1. The molecule has 3 heterocycles. The fraction of sp³-hybridized carbons (Fsp3) is 0.409. The molecule has 4 aromatic rings. The van der Waals surface area contributed by atoms with Crippen LogP contribution in [0, 0.1) is 5.92 Å². The van der Waals surface area contributed by atoms with E-state index in [4.69, 9.17) is 4.42 Å². The average molecular weight is 392 g/mol. The highest BCUT2D eigenvalue weighted by molar-refractivity contribution is 5.77. The van der Waals surface area contributed by atoms with E-state index in [-0.39, 0.29) is 11.2 Å². The summed E-state index contributed by atoms with van der Waals surface area (Å²) >= 11 is 0. The fourth-order valence-corrected chi connectivity index (χ4v) is 3.95. The maximum absolute atomic E-state index is 13.0. The smallest absolute Gasteiger partial charge is 0.331 e. The van der Waals surface area contributed by atoms with Crippen molar-refractivity contribution in [3.05, 3.63) is 63.1 Å². The minimum absolute atomic E-state index is 0.231. The molecule has 0 spiro atoms.